The van der Waals surface area contributed by atoms with Gasteiger partial charge in [0.15, 0.2) is 0 Å². The van der Waals surface area contributed by atoms with E-state index in [0.29, 0.717) is 0 Å². The highest BCUT2D eigenvalue weighted by Crippen LogP contribution is 2.55. The Balaban J connectivity index is 1.16. The molecule has 10 aromatic rings. The lowest BCUT2D eigenvalue weighted by atomic mass is 9.43. The molecular weight excluding hydrogens is 836 g/mol. The fourth-order valence-corrected chi connectivity index (χ4v) is 13.3. The molecule has 0 fully saturated rings. The fourth-order valence-electron chi connectivity index (χ4n) is 13.3. The molecule has 336 valence electrons. The first-order chi connectivity index (χ1) is 33.1. The molecule has 4 heterocycles. The highest BCUT2D eigenvalue weighted by Gasteiger charge is 2.47. The van der Waals surface area contributed by atoms with Crippen LogP contribution in [0.25, 0.3) is 83.2 Å². The second-order valence-corrected chi connectivity index (χ2v) is 23.5. The Labute approximate surface area is 406 Å². The molecule has 0 radical (unpaired) electrons. The second kappa shape index (κ2) is 13.6. The van der Waals surface area contributed by atoms with E-state index in [1.165, 1.54) is 106 Å². The molecule has 4 heteroatoms. The van der Waals surface area contributed by atoms with Crippen molar-refractivity contribution in [3.8, 4) is 50.6 Å². The lowest BCUT2D eigenvalue weighted by molar-refractivity contribution is 0.332. The van der Waals surface area contributed by atoms with Gasteiger partial charge in [0.25, 0.3) is 0 Å². The quantitative estimate of drug-likeness (QED) is 0.165. The van der Waals surface area contributed by atoms with Gasteiger partial charge in [-0.2, -0.15) is 0 Å². The molecule has 0 saturated carbocycles. The number of furan rings is 1. The van der Waals surface area contributed by atoms with E-state index in [1.54, 1.807) is 0 Å². The summed E-state index contributed by atoms with van der Waals surface area (Å²) in [4.78, 5) is 2.73. The molecule has 69 heavy (non-hydrogen) atoms. The van der Waals surface area contributed by atoms with Crippen LogP contribution in [0.5, 0.6) is 0 Å². The molecule has 2 aromatic heterocycles. The Kier molecular flexibility index (Phi) is 8.08. The standard InChI is InChI=1S/C65H57BN2O/c1-62(2,3)40-24-26-41(27-25-40)68-56-37-53-52(63(4,5)30-31-64(53,6)7)33-47(56)43-28-29-44-46-32-45-42-22-16-17-23-50(42)65(8,9)51(45)36-55(46)67-57-35-49-48(34-54(57)66(68)58(43)59(44)67)60(38-18-12-10-13-19-38)69-61(49)39-20-14-11-15-21-39/h10-29,32-37H,30-31H2,1-9H3. The maximum absolute atomic E-state index is 7.20. The van der Waals surface area contributed by atoms with E-state index < -0.39 is 0 Å². The van der Waals surface area contributed by atoms with E-state index in [0.717, 1.165) is 39.8 Å². The van der Waals surface area contributed by atoms with Crippen molar-refractivity contribution in [2.24, 2.45) is 0 Å². The predicted octanol–water partition coefficient (Wildman–Crippen LogP) is 16.1. The van der Waals surface area contributed by atoms with Gasteiger partial charge in [-0.3, -0.25) is 0 Å². The van der Waals surface area contributed by atoms with Crippen molar-refractivity contribution in [3.05, 3.63) is 186 Å². The summed E-state index contributed by atoms with van der Waals surface area (Å²) in [5.74, 6) is 1.80. The molecule has 0 bridgehead atoms. The predicted molar refractivity (Wildman–Crippen MR) is 292 cm³/mol. The molecular formula is C65H57BN2O. The first-order valence-corrected chi connectivity index (χ1v) is 25.2. The average molecular weight is 893 g/mol. The second-order valence-electron chi connectivity index (χ2n) is 23.5. The van der Waals surface area contributed by atoms with E-state index in [1.807, 2.05) is 0 Å². The minimum atomic E-state index is -0.148. The molecule has 0 saturated heterocycles. The van der Waals surface area contributed by atoms with Gasteiger partial charge in [0, 0.05) is 60.7 Å². The maximum atomic E-state index is 7.20. The van der Waals surface area contributed by atoms with Crippen molar-refractivity contribution >= 4 is 61.7 Å². The number of benzene rings is 8. The maximum Gasteiger partial charge on any atom is 0.333 e. The van der Waals surface area contributed by atoms with E-state index in [9.17, 15) is 0 Å². The lowest BCUT2D eigenvalue weighted by Crippen LogP contribution is -2.60. The van der Waals surface area contributed by atoms with Gasteiger partial charge in [0.2, 0.25) is 0 Å². The van der Waals surface area contributed by atoms with Crippen LogP contribution in [0, 0.1) is 0 Å². The summed E-state index contributed by atoms with van der Waals surface area (Å²) in [5, 5.41) is 4.85. The third kappa shape index (κ3) is 5.52. The fraction of sp³-hybridized carbons (Fsp3) is 0.231. The van der Waals surface area contributed by atoms with E-state index in [2.05, 4.69) is 229 Å². The van der Waals surface area contributed by atoms with Gasteiger partial charge in [-0.15, -0.1) is 0 Å². The van der Waals surface area contributed by atoms with Gasteiger partial charge < -0.3 is 13.8 Å². The van der Waals surface area contributed by atoms with Crippen molar-refractivity contribution in [3.63, 3.8) is 0 Å². The molecule has 0 unspecified atom stereocenters. The van der Waals surface area contributed by atoms with Crippen LogP contribution in [0.2, 0.25) is 0 Å². The summed E-state index contributed by atoms with van der Waals surface area (Å²) in [7, 11) is 0. The first kappa shape index (κ1) is 41.0. The lowest BCUT2D eigenvalue weighted by Gasteiger charge is -2.46. The van der Waals surface area contributed by atoms with Crippen LogP contribution in [-0.2, 0) is 21.7 Å². The van der Waals surface area contributed by atoms with E-state index >= 15 is 0 Å². The monoisotopic (exact) mass is 892 g/mol. The summed E-state index contributed by atoms with van der Waals surface area (Å²) in [6.45, 7) is 21.5. The van der Waals surface area contributed by atoms with Crippen molar-refractivity contribution < 1.29 is 4.42 Å². The van der Waals surface area contributed by atoms with Crippen LogP contribution in [0.15, 0.2) is 162 Å². The highest BCUT2D eigenvalue weighted by molar-refractivity contribution is 6.94. The number of hydrogen-bond acceptors (Lipinski definition) is 2. The number of anilines is 2. The molecule has 0 N–H and O–H groups in total. The molecule has 14 rings (SSSR count). The minimum absolute atomic E-state index is 0.0245. The smallest absolute Gasteiger partial charge is 0.333 e. The summed E-state index contributed by atoms with van der Waals surface area (Å²) in [6, 6.07) is 60.3. The Morgan fingerprint density at radius 1 is 0.493 bits per heavy atom. The molecule has 4 aliphatic rings. The van der Waals surface area contributed by atoms with E-state index in [4.69, 9.17) is 4.42 Å². The molecule has 3 nitrogen and oxygen atoms in total. The van der Waals surface area contributed by atoms with Crippen molar-refractivity contribution in [2.75, 3.05) is 4.81 Å². The topological polar surface area (TPSA) is 21.3 Å². The van der Waals surface area contributed by atoms with Crippen LogP contribution in [0.4, 0.5) is 11.4 Å². The van der Waals surface area contributed by atoms with Crippen molar-refractivity contribution in [2.45, 2.75) is 96.8 Å². The molecule has 2 aliphatic carbocycles. The third-order valence-corrected chi connectivity index (χ3v) is 17.2. The molecule has 0 amide bonds. The Morgan fingerprint density at radius 3 is 1.78 bits per heavy atom. The van der Waals surface area contributed by atoms with Gasteiger partial charge >= 0.3 is 6.85 Å². The first-order valence-electron chi connectivity index (χ1n) is 25.2. The van der Waals surface area contributed by atoms with Crippen molar-refractivity contribution in [1.82, 2.24) is 4.57 Å². The van der Waals surface area contributed by atoms with Gasteiger partial charge in [-0.1, -0.05) is 178 Å². The minimum Gasteiger partial charge on any atom is -0.455 e. The Bertz CT molecular complexity index is 3840. The van der Waals surface area contributed by atoms with Crippen molar-refractivity contribution in [1.29, 1.82) is 0 Å². The number of nitrogens with zero attached hydrogens (tertiary/aromatic N) is 2. The van der Waals surface area contributed by atoms with Crippen LogP contribution < -0.4 is 15.7 Å². The third-order valence-electron chi connectivity index (χ3n) is 17.2. The van der Waals surface area contributed by atoms with Gasteiger partial charge in [0.05, 0.1) is 11.0 Å². The van der Waals surface area contributed by atoms with Gasteiger partial charge in [-0.05, 0) is 127 Å². The van der Waals surface area contributed by atoms with Gasteiger partial charge in [-0.25, -0.2) is 0 Å². The van der Waals surface area contributed by atoms with E-state index in [-0.39, 0.29) is 28.5 Å². The number of rotatable bonds is 3. The summed E-state index contributed by atoms with van der Waals surface area (Å²) >= 11 is 0. The summed E-state index contributed by atoms with van der Waals surface area (Å²) in [5.41, 5.74) is 23.5. The van der Waals surface area contributed by atoms with Crippen LogP contribution in [0.1, 0.15) is 103 Å². The SMILES string of the molecule is CC(C)(C)c1ccc(N2B3c4cc5c(-c6ccccc6)oc(-c6ccccc6)c5cc4-n4c5cc6c(cc5c5ccc(c3c54)-c3cc4c(cc32)C(C)(C)CCC4(C)C)-c2ccccc2C6(C)C)cc1. The number of fused-ring (bicyclic) bond motifs is 13. The summed E-state index contributed by atoms with van der Waals surface area (Å²) < 4.78 is 9.86. The van der Waals surface area contributed by atoms with Gasteiger partial charge in [0.1, 0.15) is 11.5 Å². The summed E-state index contributed by atoms with van der Waals surface area (Å²) in [6.07, 6.45) is 2.32. The highest BCUT2D eigenvalue weighted by atomic mass is 16.3. The molecule has 0 atom stereocenters. The Morgan fingerprint density at radius 2 is 1.12 bits per heavy atom. The zero-order chi connectivity index (χ0) is 47.1. The Hall–Kier alpha value is -7.04. The molecule has 2 aliphatic heterocycles. The normalized spacial score (nSPS) is 16.7. The van der Waals surface area contributed by atoms with Crippen LogP contribution in [0.3, 0.4) is 0 Å². The number of hydrogen-bond donors (Lipinski definition) is 0. The van der Waals surface area contributed by atoms with Crippen LogP contribution in [-0.4, -0.2) is 11.4 Å². The zero-order valence-corrected chi connectivity index (χ0v) is 41.3. The average Bonchev–Trinajstić information content (AvgIpc) is 3.96. The number of aromatic nitrogens is 1. The zero-order valence-electron chi connectivity index (χ0n) is 41.3. The molecule has 0 spiro atoms. The molecule has 8 aromatic carbocycles. The largest absolute Gasteiger partial charge is 0.455 e. The van der Waals surface area contributed by atoms with Crippen LogP contribution >= 0.6 is 0 Å².